The number of Topliss-reactive ketones (excluding diaryl/α,β-unsaturated/α-hetero) is 1. The predicted octanol–water partition coefficient (Wildman–Crippen LogP) is 4.15. The number of rotatable bonds is 2. The van der Waals surface area contributed by atoms with E-state index in [-0.39, 0.29) is 11.1 Å². The van der Waals surface area contributed by atoms with Crippen LogP contribution in [0.2, 0.25) is 0 Å². The Morgan fingerprint density at radius 3 is 2.12 bits per heavy atom. The van der Waals surface area contributed by atoms with Crippen molar-refractivity contribution in [3.63, 3.8) is 0 Å². The molecule has 6 heteroatoms. The van der Waals surface area contributed by atoms with Crippen LogP contribution in [0, 0.1) is 6.92 Å². The highest BCUT2D eigenvalue weighted by molar-refractivity contribution is 5.94. The van der Waals surface area contributed by atoms with Crippen LogP contribution in [0.25, 0.3) is 0 Å². The number of hydrogen-bond acceptors (Lipinski definition) is 1. The molecule has 1 nitrogen and oxygen atoms in total. The minimum absolute atomic E-state index is 0.223. The van der Waals surface area contributed by atoms with Gasteiger partial charge in [-0.1, -0.05) is 0 Å². The van der Waals surface area contributed by atoms with Crippen LogP contribution in [0.3, 0.4) is 0 Å². The zero-order chi connectivity index (χ0) is 13.4. The minimum atomic E-state index is -4.90. The summed E-state index contributed by atoms with van der Waals surface area (Å²) < 4.78 is 62.9. The van der Waals surface area contributed by atoms with Gasteiger partial charge in [-0.25, -0.2) is 8.78 Å². The Hall–Kier alpha value is -1.46. The molecule has 0 aliphatic heterocycles. The fourth-order valence-corrected chi connectivity index (χ4v) is 1.53. The monoisotopic (exact) mass is 252 g/mol. The van der Waals surface area contributed by atoms with Gasteiger partial charge in [0.1, 0.15) is 0 Å². The molecule has 0 unspecified atom stereocenters. The molecule has 0 saturated heterocycles. The summed E-state index contributed by atoms with van der Waals surface area (Å²) in [7, 11) is 0. The maximum Gasteiger partial charge on any atom is 0.416 e. The molecule has 1 aromatic rings. The van der Waals surface area contributed by atoms with Crippen LogP contribution in [0.1, 0.15) is 40.4 Å². The summed E-state index contributed by atoms with van der Waals surface area (Å²) in [5, 5.41) is 0. The Morgan fingerprint density at radius 2 is 1.76 bits per heavy atom. The first-order valence-corrected chi connectivity index (χ1v) is 4.65. The van der Waals surface area contributed by atoms with Crippen LogP contribution in [0.4, 0.5) is 22.0 Å². The van der Waals surface area contributed by atoms with Crippen molar-refractivity contribution >= 4 is 5.78 Å². The number of hydrogen-bond donors (Lipinski definition) is 0. The smallest absolute Gasteiger partial charge is 0.295 e. The number of carbonyl (C=O) groups excluding carboxylic acids is 1. The number of benzene rings is 1. The Morgan fingerprint density at radius 1 is 1.24 bits per heavy atom. The maximum atomic E-state index is 12.6. The second-order valence-electron chi connectivity index (χ2n) is 3.61. The average molecular weight is 252 g/mol. The topological polar surface area (TPSA) is 17.1 Å². The first kappa shape index (κ1) is 13.6. The molecular formula is C11H9F5O. The fraction of sp³-hybridized carbons (Fsp3) is 0.364. The molecule has 1 rings (SSSR count). The molecule has 0 saturated carbocycles. The standard InChI is InChI=1S/C11H9F5O/c1-5-3-7(6(2)17)4-8(11(14,15)16)9(5)10(12)13/h3-4,10H,1-2H3. The van der Waals surface area contributed by atoms with Crippen molar-refractivity contribution in [1.82, 2.24) is 0 Å². The lowest BCUT2D eigenvalue weighted by molar-refractivity contribution is -0.139. The lowest BCUT2D eigenvalue weighted by atomic mass is 9.97. The van der Waals surface area contributed by atoms with Gasteiger partial charge in [-0.15, -0.1) is 0 Å². The molecule has 1 aromatic carbocycles. The van der Waals surface area contributed by atoms with Crippen molar-refractivity contribution in [1.29, 1.82) is 0 Å². The molecule has 0 heterocycles. The number of aryl methyl sites for hydroxylation is 1. The molecule has 0 aliphatic carbocycles. The van der Waals surface area contributed by atoms with E-state index in [0.29, 0.717) is 6.07 Å². The molecule has 0 bridgehead atoms. The Labute approximate surface area is 94.2 Å². The van der Waals surface area contributed by atoms with Gasteiger partial charge in [0.25, 0.3) is 6.43 Å². The van der Waals surface area contributed by atoms with Gasteiger partial charge in [-0.05, 0) is 31.5 Å². The summed E-state index contributed by atoms with van der Waals surface area (Å²) in [5.41, 5.74) is -2.97. The first-order chi connectivity index (χ1) is 7.64. The first-order valence-electron chi connectivity index (χ1n) is 4.65. The third kappa shape index (κ3) is 2.81. The summed E-state index contributed by atoms with van der Waals surface area (Å²) in [6.07, 6.45) is -8.13. The van der Waals surface area contributed by atoms with E-state index in [1.807, 2.05) is 0 Å². The molecule has 17 heavy (non-hydrogen) atoms. The van der Waals surface area contributed by atoms with Crippen molar-refractivity contribution in [2.24, 2.45) is 0 Å². The lowest BCUT2D eigenvalue weighted by Crippen LogP contribution is -2.13. The highest BCUT2D eigenvalue weighted by atomic mass is 19.4. The third-order valence-corrected chi connectivity index (χ3v) is 2.32. The van der Waals surface area contributed by atoms with Crippen LogP contribution in [-0.4, -0.2) is 5.78 Å². The van der Waals surface area contributed by atoms with Crippen LogP contribution in [0.5, 0.6) is 0 Å². The molecule has 0 atom stereocenters. The van der Waals surface area contributed by atoms with E-state index in [1.165, 1.54) is 0 Å². The van der Waals surface area contributed by atoms with Gasteiger partial charge in [0, 0.05) is 11.1 Å². The van der Waals surface area contributed by atoms with Crippen LogP contribution >= 0.6 is 0 Å². The molecule has 0 amide bonds. The quantitative estimate of drug-likeness (QED) is 0.570. The minimum Gasteiger partial charge on any atom is -0.295 e. The van der Waals surface area contributed by atoms with Crippen LogP contribution in [0.15, 0.2) is 12.1 Å². The van der Waals surface area contributed by atoms with E-state index in [0.717, 1.165) is 19.9 Å². The molecular weight excluding hydrogens is 243 g/mol. The summed E-state index contributed by atoms with van der Waals surface area (Å²) in [4.78, 5) is 11.0. The summed E-state index contributed by atoms with van der Waals surface area (Å²) >= 11 is 0. The Balaban J connectivity index is 3.57. The zero-order valence-electron chi connectivity index (χ0n) is 9.03. The van der Waals surface area contributed by atoms with Gasteiger partial charge < -0.3 is 0 Å². The summed E-state index contributed by atoms with van der Waals surface area (Å²) in [6.45, 7) is 2.21. The van der Waals surface area contributed by atoms with E-state index in [2.05, 4.69) is 0 Å². The molecule has 0 aliphatic rings. The molecule has 0 N–H and O–H groups in total. The lowest BCUT2D eigenvalue weighted by Gasteiger charge is -2.16. The van der Waals surface area contributed by atoms with Gasteiger partial charge in [-0.3, -0.25) is 4.79 Å². The Bertz CT molecular complexity index is 448. The van der Waals surface area contributed by atoms with Crippen molar-refractivity contribution in [3.05, 3.63) is 34.4 Å². The molecule has 0 spiro atoms. The molecule has 0 radical (unpaired) electrons. The SMILES string of the molecule is CC(=O)c1cc(C)c(C(F)F)c(C(F)(F)F)c1. The number of ketones is 1. The fourth-order valence-electron chi connectivity index (χ4n) is 1.53. The van der Waals surface area contributed by atoms with Gasteiger partial charge in [-0.2, -0.15) is 13.2 Å². The Kier molecular flexibility index (Phi) is 3.54. The number of alkyl halides is 5. The molecule has 94 valence electrons. The largest absolute Gasteiger partial charge is 0.416 e. The van der Waals surface area contributed by atoms with Crippen molar-refractivity contribution in [2.45, 2.75) is 26.4 Å². The second-order valence-corrected chi connectivity index (χ2v) is 3.61. The van der Waals surface area contributed by atoms with Gasteiger partial charge >= 0.3 is 6.18 Å². The van der Waals surface area contributed by atoms with E-state index in [1.54, 1.807) is 0 Å². The van der Waals surface area contributed by atoms with Crippen LogP contribution < -0.4 is 0 Å². The predicted molar refractivity (Wildman–Crippen MR) is 51.1 cm³/mol. The highest BCUT2D eigenvalue weighted by Gasteiger charge is 2.37. The summed E-state index contributed by atoms with van der Waals surface area (Å²) in [6, 6.07) is 1.51. The molecule has 0 fully saturated rings. The number of carbonyl (C=O) groups is 1. The summed E-state index contributed by atoms with van der Waals surface area (Å²) in [5.74, 6) is -0.598. The van der Waals surface area contributed by atoms with Gasteiger partial charge in [0.15, 0.2) is 5.78 Å². The van der Waals surface area contributed by atoms with Crippen LogP contribution in [-0.2, 0) is 6.18 Å². The van der Waals surface area contributed by atoms with Crippen molar-refractivity contribution in [3.8, 4) is 0 Å². The van der Waals surface area contributed by atoms with Gasteiger partial charge in [0.2, 0.25) is 0 Å². The maximum absolute atomic E-state index is 12.6. The highest BCUT2D eigenvalue weighted by Crippen LogP contribution is 2.38. The van der Waals surface area contributed by atoms with E-state index in [9.17, 15) is 26.7 Å². The second kappa shape index (κ2) is 4.43. The third-order valence-electron chi connectivity index (χ3n) is 2.32. The van der Waals surface area contributed by atoms with Crippen molar-refractivity contribution in [2.75, 3.05) is 0 Å². The van der Waals surface area contributed by atoms with E-state index in [4.69, 9.17) is 0 Å². The van der Waals surface area contributed by atoms with Crippen molar-refractivity contribution < 1.29 is 26.7 Å². The van der Waals surface area contributed by atoms with E-state index < -0.39 is 29.5 Å². The normalized spacial score (nSPS) is 12.0. The van der Waals surface area contributed by atoms with Gasteiger partial charge in [0.05, 0.1) is 5.56 Å². The van der Waals surface area contributed by atoms with E-state index >= 15 is 0 Å². The number of halogens is 5. The zero-order valence-corrected chi connectivity index (χ0v) is 9.03. The average Bonchev–Trinajstić information content (AvgIpc) is 2.14. The molecule has 0 aromatic heterocycles.